The second-order valence-electron chi connectivity index (χ2n) is 4.95. The summed E-state index contributed by atoms with van der Waals surface area (Å²) < 4.78 is 4.91. The number of benzene rings is 2. The van der Waals surface area contributed by atoms with Gasteiger partial charge in [-0.15, -0.1) is 0 Å². The van der Waals surface area contributed by atoms with Crippen molar-refractivity contribution in [2.75, 3.05) is 7.11 Å². The van der Waals surface area contributed by atoms with Gasteiger partial charge >= 0.3 is 5.97 Å². The number of hydrogen-bond acceptors (Lipinski definition) is 3. The minimum atomic E-state index is -0.876. The van der Waals surface area contributed by atoms with Gasteiger partial charge in [-0.25, -0.2) is 9.63 Å². The van der Waals surface area contributed by atoms with Gasteiger partial charge in [-0.2, -0.15) is 0 Å². The number of esters is 1. The summed E-state index contributed by atoms with van der Waals surface area (Å²) in [7, 11) is 1.39. The molecule has 3 rings (SSSR count). The van der Waals surface area contributed by atoms with Crippen molar-refractivity contribution in [3.8, 4) is 0 Å². The maximum Gasteiger partial charge on any atom is 0.327 e. The first-order valence-corrected chi connectivity index (χ1v) is 6.54. The van der Waals surface area contributed by atoms with Crippen LogP contribution >= 0.6 is 11.8 Å². The van der Waals surface area contributed by atoms with E-state index in [0.717, 1.165) is 11.1 Å². The van der Waals surface area contributed by atoms with Crippen molar-refractivity contribution in [2.45, 2.75) is 18.4 Å². The van der Waals surface area contributed by atoms with E-state index >= 15 is 0 Å². The van der Waals surface area contributed by atoms with Gasteiger partial charge in [-0.05, 0) is 33.7 Å². The number of carbonyl (C=O) groups excluding carboxylic acids is 1. The summed E-state index contributed by atoms with van der Waals surface area (Å²) in [6, 6.07) is 12.3. The molecule has 3 nitrogen and oxygen atoms in total. The van der Waals surface area contributed by atoms with Crippen LogP contribution in [0.3, 0.4) is 0 Å². The Bertz CT molecular complexity index is 613. The Balaban J connectivity index is 2.19. The summed E-state index contributed by atoms with van der Waals surface area (Å²) in [6.45, 7) is 0. The largest absolute Gasteiger partial charge is 0.468 e. The molecule has 98 valence electrons. The summed E-state index contributed by atoms with van der Waals surface area (Å²) in [5.41, 5.74) is 1.37. The van der Waals surface area contributed by atoms with Crippen LogP contribution in [0.25, 0.3) is 10.8 Å². The maximum atomic E-state index is 12.1. The van der Waals surface area contributed by atoms with E-state index in [2.05, 4.69) is 17.0 Å². The van der Waals surface area contributed by atoms with Gasteiger partial charge in [0.15, 0.2) is 0 Å². The van der Waals surface area contributed by atoms with Gasteiger partial charge in [0, 0.05) is 12.8 Å². The quantitative estimate of drug-likeness (QED) is 0.676. The van der Waals surface area contributed by atoms with Crippen molar-refractivity contribution < 1.29 is 9.53 Å². The monoisotopic (exact) mass is 275 g/mol. The third-order valence-corrected chi connectivity index (χ3v) is 4.18. The van der Waals surface area contributed by atoms with Crippen molar-refractivity contribution in [3.05, 3.63) is 47.5 Å². The lowest BCUT2D eigenvalue weighted by atomic mass is 9.77. The zero-order valence-corrected chi connectivity index (χ0v) is 11.3. The normalized spacial score (nSPS) is 16.3. The van der Waals surface area contributed by atoms with Crippen LogP contribution in [0.5, 0.6) is 0 Å². The van der Waals surface area contributed by atoms with Gasteiger partial charge in [0.1, 0.15) is 5.54 Å². The van der Waals surface area contributed by atoms with Crippen LogP contribution in [0.4, 0.5) is 0 Å². The molecule has 4 heteroatoms. The highest BCUT2D eigenvalue weighted by molar-refractivity contribution is 6.16. The molecule has 1 aliphatic carbocycles. The predicted molar refractivity (Wildman–Crippen MR) is 75.1 cm³/mol. The minimum Gasteiger partial charge on any atom is -0.468 e. The van der Waals surface area contributed by atoms with Gasteiger partial charge in [-0.3, -0.25) is 0 Å². The summed E-state index contributed by atoms with van der Waals surface area (Å²) in [5, 5.41) is 2.43. The van der Waals surface area contributed by atoms with Crippen molar-refractivity contribution in [3.63, 3.8) is 0 Å². The smallest absolute Gasteiger partial charge is 0.327 e. The molecule has 0 atom stereocenters. The highest BCUT2D eigenvalue weighted by Crippen LogP contribution is 2.35. The molecule has 0 aliphatic heterocycles. The van der Waals surface area contributed by atoms with Crippen molar-refractivity contribution in [1.82, 2.24) is 4.84 Å². The molecule has 0 heterocycles. The second kappa shape index (κ2) is 4.51. The molecule has 0 saturated carbocycles. The number of ether oxygens (including phenoxy) is 1. The first-order valence-electron chi connectivity index (χ1n) is 6.16. The molecule has 0 bridgehead atoms. The summed E-state index contributed by atoms with van der Waals surface area (Å²) in [6.07, 6.45) is 1.08. The van der Waals surface area contributed by atoms with Crippen LogP contribution in [0.1, 0.15) is 11.1 Å². The van der Waals surface area contributed by atoms with E-state index in [9.17, 15) is 4.79 Å². The number of hydrogen-bond donors (Lipinski definition) is 1. The Kier molecular flexibility index (Phi) is 2.96. The van der Waals surface area contributed by atoms with Crippen LogP contribution in [0.2, 0.25) is 0 Å². The Hall–Kier alpha value is -1.58. The lowest BCUT2D eigenvalue weighted by Gasteiger charge is -2.34. The van der Waals surface area contributed by atoms with Gasteiger partial charge in [0.2, 0.25) is 0 Å². The van der Waals surface area contributed by atoms with E-state index < -0.39 is 5.54 Å². The number of methoxy groups -OCH3 is 1. The summed E-state index contributed by atoms with van der Waals surface area (Å²) in [4.78, 5) is 14.7. The van der Waals surface area contributed by atoms with E-state index in [1.807, 2.05) is 24.3 Å². The fraction of sp³-hybridized carbons (Fsp3) is 0.267. The molecule has 0 unspecified atom stereocenters. The molecule has 1 N–H and O–H groups in total. The van der Waals surface area contributed by atoms with Crippen molar-refractivity contribution in [2.24, 2.45) is 0 Å². The van der Waals surface area contributed by atoms with E-state index in [0.29, 0.717) is 12.8 Å². The predicted octanol–water partition coefficient (Wildman–Crippen LogP) is 2.59. The molecule has 1 aliphatic rings. The zero-order valence-electron chi connectivity index (χ0n) is 10.6. The van der Waals surface area contributed by atoms with Crippen LogP contribution in [0, 0.1) is 0 Å². The van der Waals surface area contributed by atoms with E-state index in [1.165, 1.54) is 17.9 Å². The Morgan fingerprint density at radius 2 is 1.79 bits per heavy atom. The first-order chi connectivity index (χ1) is 9.20. The topological polar surface area (TPSA) is 38.3 Å². The van der Waals surface area contributed by atoms with Crippen LogP contribution in [-0.2, 0) is 22.4 Å². The van der Waals surface area contributed by atoms with Gasteiger partial charge < -0.3 is 4.74 Å². The summed E-state index contributed by atoms with van der Waals surface area (Å²) >= 11 is 5.86. The highest BCUT2D eigenvalue weighted by Gasteiger charge is 2.42. The van der Waals surface area contributed by atoms with E-state index in [-0.39, 0.29) is 5.97 Å². The fourth-order valence-corrected chi connectivity index (χ4v) is 3.17. The SMILES string of the molecule is COC(=O)C1(NCl)Cc2cccc3cccc(c23)C1. The average Bonchev–Trinajstić information content (AvgIpc) is 2.46. The molecule has 2 aromatic carbocycles. The van der Waals surface area contributed by atoms with Crippen LogP contribution in [-0.4, -0.2) is 18.6 Å². The number of carbonyl (C=O) groups is 1. The van der Waals surface area contributed by atoms with Crippen LogP contribution in [0.15, 0.2) is 36.4 Å². The second-order valence-corrected chi connectivity index (χ2v) is 5.14. The number of halogens is 1. The lowest BCUT2D eigenvalue weighted by Crippen LogP contribution is -2.53. The molecule has 0 radical (unpaired) electrons. The van der Waals surface area contributed by atoms with Crippen molar-refractivity contribution >= 4 is 28.5 Å². The molecular formula is C15H14ClNO2. The third kappa shape index (κ3) is 1.81. The van der Waals surface area contributed by atoms with E-state index in [4.69, 9.17) is 16.5 Å². The number of nitrogens with one attached hydrogen (secondary N) is 1. The Labute approximate surface area is 116 Å². The standard InChI is InChI=1S/C15H14ClNO2/c1-19-14(18)15(17-16)8-11-6-2-4-10-5-3-7-12(9-15)13(10)11/h2-7,17H,8-9H2,1H3. The fourth-order valence-electron chi connectivity index (χ4n) is 2.95. The minimum absolute atomic E-state index is 0.325. The number of rotatable bonds is 2. The van der Waals surface area contributed by atoms with Gasteiger partial charge in [0.25, 0.3) is 0 Å². The molecule has 0 saturated heterocycles. The molecule has 2 aromatic rings. The Morgan fingerprint density at radius 3 is 2.26 bits per heavy atom. The maximum absolute atomic E-state index is 12.1. The Morgan fingerprint density at radius 1 is 1.21 bits per heavy atom. The molecule has 0 amide bonds. The molecule has 19 heavy (non-hydrogen) atoms. The summed E-state index contributed by atoms with van der Waals surface area (Å²) in [5.74, 6) is -0.325. The first kappa shape index (κ1) is 12.5. The van der Waals surface area contributed by atoms with E-state index in [1.54, 1.807) is 0 Å². The molecule has 0 aromatic heterocycles. The lowest BCUT2D eigenvalue weighted by molar-refractivity contribution is -0.147. The van der Waals surface area contributed by atoms with Crippen LogP contribution < -0.4 is 4.84 Å². The van der Waals surface area contributed by atoms with Gasteiger partial charge in [0.05, 0.1) is 7.11 Å². The molecule has 0 spiro atoms. The zero-order chi connectivity index (χ0) is 13.5. The highest BCUT2D eigenvalue weighted by atomic mass is 35.5. The van der Waals surface area contributed by atoms with Crippen molar-refractivity contribution in [1.29, 1.82) is 0 Å². The van der Waals surface area contributed by atoms with Gasteiger partial charge in [-0.1, -0.05) is 36.4 Å². The third-order valence-electron chi connectivity index (χ3n) is 3.82. The molecule has 0 fully saturated rings. The molecular weight excluding hydrogens is 262 g/mol. The average molecular weight is 276 g/mol.